The Bertz CT molecular complexity index is 517. The molecule has 4 aliphatic rings. The summed E-state index contributed by atoms with van der Waals surface area (Å²) in [6.45, 7) is 2.02. The zero-order valence-electron chi connectivity index (χ0n) is 12.6. The van der Waals surface area contributed by atoms with Gasteiger partial charge in [-0.2, -0.15) is 0 Å². The molecule has 5 heteroatoms. The lowest BCUT2D eigenvalue weighted by atomic mass is 9.68. The number of hydrogen-bond acceptors (Lipinski definition) is 4. The van der Waals surface area contributed by atoms with Crippen molar-refractivity contribution >= 4 is 5.97 Å². The molecule has 1 spiro atoms. The van der Waals surface area contributed by atoms with E-state index in [0.29, 0.717) is 49.6 Å². The number of carboxylic acid groups (broad SMARTS) is 1. The van der Waals surface area contributed by atoms with Crippen LogP contribution in [0, 0.1) is 17.8 Å². The number of fused-ring (bicyclic) bond motifs is 3. The lowest BCUT2D eigenvalue weighted by Crippen LogP contribution is -2.40. The summed E-state index contributed by atoms with van der Waals surface area (Å²) < 4.78 is 17.6. The lowest BCUT2D eigenvalue weighted by Gasteiger charge is -2.40. The summed E-state index contributed by atoms with van der Waals surface area (Å²) in [5, 5.41) is 9.20. The molecule has 2 heterocycles. The molecule has 0 radical (unpaired) electrons. The molecule has 4 unspecified atom stereocenters. The smallest absolute Gasteiger partial charge is 0.331 e. The van der Waals surface area contributed by atoms with Crippen LogP contribution in [0.1, 0.15) is 25.7 Å². The number of allylic oxidation sites excluding steroid dienone is 2. The number of hydrogen-bond donors (Lipinski definition) is 1. The molecule has 0 amide bonds. The van der Waals surface area contributed by atoms with Gasteiger partial charge in [-0.25, -0.2) is 4.79 Å². The molecule has 2 saturated heterocycles. The monoisotopic (exact) mass is 306 g/mol. The van der Waals surface area contributed by atoms with Crippen molar-refractivity contribution in [2.45, 2.75) is 37.6 Å². The van der Waals surface area contributed by atoms with Gasteiger partial charge in [0.2, 0.25) is 0 Å². The SMILES string of the molecule is O=C(O)C1=CCC2C(C1)OCCC1CC3(C=CC12)OCCO3. The molecule has 0 bridgehead atoms. The van der Waals surface area contributed by atoms with Gasteiger partial charge in [0.1, 0.15) is 0 Å². The van der Waals surface area contributed by atoms with Gasteiger partial charge in [0, 0.05) is 25.0 Å². The number of rotatable bonds is 1. The van der Waals surface area contributed by atoms with E-state index in [2.05, 4.69) is 12.2 Å². The first-order chi connectivity index (χ1) is 10.7. The molecule has 2 fully saturated rings. The lowest BCUT2D eigenvalue weighted by molar-refractivity contribution is -0.139. The Hall–Kier alpha value is -1.17. The van der Waals surface area contributed by atoms with Crippen LogP contribution in [0.4, 0.5) is 0 Å². The highest BCUT2D eigenvalue weighted by atomic mass is 16.7. The highest BCUT2D eigenvalue weighted by Gasteiger charge is 2.46. The second kappa shape index (κ2) is 5.48. The van der Waals surface area contributed by atoms with Crippen molar-refractivity contribution in [1.29, 1.82) is 0 Å². The van der Waals surface area contributed by atoms with Crippen LogP contribution in [0.2, 0.25) is 0 Å². The van der Waals surface area contributed by atoms with E-state index in [-0.39, 0.29) is 6.10 Å². The Morgan fingerprint density at radius 1 is 1.27 bits per heavy atom. The predicted molar refractivity (Wildman–Crippen MR) is 78.2 cm³/mol. The molecule has 2 aliphatic heterocycles. The number of carbonyl (C=O) groups is 1. The van der Waals surface area contributed by atoms with E-state index in [9.17, 15) is 9.90 Å². The Balaban J connectivity index is 1.58. The van der Waals surface area contributed by atoms with Crippen LogP contribution in [-0.2, 0) is 19.0 Å². The van der Waals surface area contributed by atoms with Crippen molar-refractivity contribution in [2.24, 2.45) is 17.8 Å². The molecular weight excluding hydrogens is 284 g/mol. The van der Waals surface area contributed by atoms with Crippen LogP contribution >= 0.6 is 0 Å². The Morgan fingerprint density at radius 3 is 2.86 bits per heavy atom. The first-order valence-corrected chi connectivity index (χ1v) is 8.18. The van der Waals surface area contributed by atoms with Gasteiger partial charge in [-0.3, -0.25) is 0 Å². The van der Waals surface area contributed by atoms with E-state index in [1.165, 1.54) is 0 Å². The maximum absolute atomic E-state index is 11.2. The minimum atomic E-state index is -0.811. The Morgan fingerprint density at radius 2 is 2.09 bits per heavy atom. The van der Waals surface area contributed by atoms with E-state index in [4.69, 9.17) is 14.2 Å². The molecule has 2 aliphatic carbocycles. The van der Waals surface area contributed by atoms with Crippen LogP contribution in [0.5, 0.6) is 0 Å². The molecule has 5 nitrogen and oxygen atoms in total. The van der Waals surface area contributed by atoms with Crippen LogP contribution in [0.15, 0.2) is 23.8 Å². The fourth-order valence-electron chi connectivity index (χ4n) is 4.47. The largest absolute Gasteiger partial charge is 0.478 e. The second-order valence-corrected chi connectivity index (χ2v) is 6.75. The van der Waals surface area contributed by atoms with E-state index < -0.39 is 11.8 Å². The van der Waals surface area contributed by atoms with Crippen molar-refractivity contribution in [1.82, 2.24) is 0 Å². The molecule has 0 aromatic heterocycles. The van der Waals surface area contributed by atoms with Crippen molar-refractivity contribution in [2.75, 3.05) is 19.8 Å². The fourth-order valence-corrected chi connectivity index (χ4v) is 4.47. The maximum Gasteiger partial charge on any atom is 0.331 e. The molecule has 1 N–H and O–H groups in total. The maximum atomic E-state index is 11.2. The summed E-state index contributed by atoms with van der Waals surface area (Å²) in [7, 11) is 0. The van der Waals surface area contributed by atoms with Crippen molar-refractivity contribution < 1.29 is 24.1 Å². The topological polar surface area (TPSA) is 65.0 Å². The fraction of sp³-hybridized carbons (Fsp3) is 0.706. The van der Waals surface area contributed by atoms with Gasteiger partial charge in [-0.05, 0) is 36.7 Å². The van der Waals surface area contributed by atoms with E-state index in [1.807, 2.05) is 6.08 Å². The summed E-state index contributed by atoms with van der Waals surface area (Å²) in [4.78, 5) is 11.2. The summed E-state index contributed by atoms with van der Waals surface area (Å²) >= 11 is 0. The molecule has 4 atom stereocenters. The minimum Gasteiger partial charge on any atom is -0.478 e. The zero-order chi connectivity index (χ0) is 15.2. The quantitative estimate of drug-likeness (QED) is 0.752. The Labute approximate surface area is 129 Å². The third-order valence-electron chi connectivity index (χ3n) is 5.56. The Kier molecular flexibility index (Phi) is 3.59. The van der Waals surface area contributed by atoms with Crippen LogP contribution in [0.25, 0.3) is 0 Å². The third kappa shape index (κ3) is 2.41. The zero-order valence-corrected chi connectivity index (χ0v) is 12.6. The predicted octanol–water partition coefficient (Wildman–Crippen LogP) is 2.13. The first kappa shape index (κ1) is 14.4. The van der Waals surface area contributed by atoms with Crippen molar-refractivity contribution in [3.8, 4) is 0 Å². The number of aliphatic carboxylic acids is 1. The van der Waals surface area contributed by atoms with Crippen LogP contribution in [0.3, 0.4) is 0 Å². The van der Waals surface area contributed by atoms with Crippen molar-refractivity contribution in [3.05, 3.63) is 23.8 Å². The molecule has 0 saturated carbocycles. The third-order valence-corrected chi connectivity index (χ3v) is 5.56. The van der Waals surface area contributed by atoms with Crippen molar-refractivity contribution in [3.63, 3.8) is 0 Å². The average Bonchev–Trinajstić information content (AvgIpc) is 2.87. The van der Waals surface area contributed by atoms with Gasteiger partial charge in [0.25, 0.3) is 0 Å². The summed E-state index contributed by atoms with van der Waals surface area (Å²) in [5.41, 5.74) is 0.499. The molecule has 120 valence electrons. The molecule has 0 aromatic carbocycles. The van der Waals surface area contributed by atoms with E-state index in [0.717, 1.165) is 19.3 Å². The number of ether oxygens (including phenoxy) is 3. The highest BCUT2D eigenvalue weighted by molar-refractivity contribution is 5.86. The van der Waals surface area contributed by atoms with Gasteiger partial charge in [-0.1, -0.05) is 12.2 Å². The molecule has 0 aromatic rings. The molecular formula is C17H22O5. The summed E-state index contributed by atoms with van der Waals surface area (Å²) in [6.07, 6.45) is 9.41. The first-order valence-electron chi connectivity index (χ1n) is 8.18. The summed E-state index contributed by atoms with van der Waals surface area (Å²) in [6, 6.07) is 0. The van der Waals surface area contributed by atoms with Gasteiger partial charge in [-0.15, -0.1) is 0 Å². The van der Waals surface area contributed by atoms with E-state index >= 15 is 0 Å². The minimum absolute atomic E-state index is 0.0233. The standard InChI is InChI=1S/C17H22O5/c18-16(19)11-1-2-14-13-3-5-17(21-7-8-22-17)10-12(13)4-6-20-15(14)9-11/h1,3,5,12-15H,2,4,6-10H2,(H,18,19). The van der Waals surface area contributed by atoms with Crippen LogP contribution in [-0.4, -0.2) is 42.8 Å². The van der Waals surface area contributed by atoms with Gasteiger partial charge in [0.15, 0.2) is 5.79 Å². The van der Waals surface area contributed by atoms with Gasteiger partial charge >= 0.3 is 5.97 Å². The van der Waals surface area contributed by atoms with Gasteiger partial charge in [0.05, 0.1) is 19.3 Å². The molecule has 22 heavy (non-hydrogen) atoms. The number of carboxylic acids is 1. The normalized spacial score (nSPS) is 39.7. The van der Waals surface area contributed by atoms with Crippen LogP contribution < -0.4 is 0 Å². The highest BCUT2D eigenvalue weighted by Crippen LogP contribution is 2.47. The molecule has 4 rings (SSSR count). The van der Waals surface area contributed by atoms with E-state index in [1.54, 1.807) is 0 Å². The van der Waals surface area contributed by atoms with Gasteiger partial charge < -0.3 is 19.3 Å². The summed E-state index contributed by atoms with van der Waals surface area (Å²) in [5.74, 6) is -0.0488. The second-order valence-electron chi connectivity index (χ2n) is 6.75. The average molecular weight is 306 g/mol.